The molecule has 3 nitrogen and oxygen atoms in total. The van der Waals surface area contributed by atoms with Gasteiger partial charge in [0.05, 0.1) is 6.04 Å². The van der Waals surface area contributed by atoms with Crippen LogP contribution in [0.15, 0.2) is 24.3 Å². The van der Waals surface area contributed by atoms with E-state index in [-0.39, 0.29) is 5.91 Å². The van der Waals surface area contributed by atoms with Crippen LogP contribution in [0, 0.1) is 0 Å². The molecule has 82 valence electrons. The molecule has 0 unspecified atom stereocenters. The molecule has 15 heavy (non-hydrogen) atoms. The van der Waals surface area contributed by atoms with Crippen molar-refractivity contribution in [2.45, 2.75) is 32.7 Å². The molecule has 0 saturated heterocycles. The van der Waals surface area contributed by atoms with E-state index in [9.17, 15) is 4.79 Å². The maximum Gasteiger partial charge on any atom is 0.241 e. The predicted molar refractivity (Wildman–Crippen MR) is 62.7 cm³/mol. The highest BCUT2D eigenvalue weighted by molar-refractivity contribution is 5.94. The minimum atomic E-state index is -0.421. The van der Waals surface area contributed by atoms with Gasteiger partial charge in [-0.2, -0.15) is 0 Å². The lowest BCUT2D eigenvalue weighted by atomic mass is 10.1. The second-order valence-corrected chi connectivity index (χ2v) is 3.56. The first-order chi connectivity index (χ1) is 7.17. The molecule has 1 aromatic rings. The second-order valence-electron chi connectivity index (χ2n) is 3.56. The Morgan fingerprint density at radius 2 is 2.20 bits per heavy atom. The molecular weight excluding hydrogens is 188 g/mol. The van der Waals surface area contributed by atoms with Crippen LogP contribution in [-0.2, 0) is 11.2 Å². The summed E-state index contributed by atoms with van der Waals surface area (Å²) in [5.41, 5.74) is 7.65. The standard InChI is InChI=1S/C12H18N2O/c1-3-9-6-5-7-10(8-9)14-12(15)11(13)4-2/h5-8,11H,3-4,13H2,1-2H3,(H,14,15)/t11-/m0/s1. The molecule has 0 bridgehead atoms. The highest BCUT2D eigenvalue weighted by Gasteiger charge is 2.10. The Morgan fingerprint density at radius 1 is 1.47 bits per heavy atom. The Labute approximate surface area is 90.7 Å². The summed E-state index contributed by atoms with van der Waals surface area (Å²) in [7, 11) is 0. The van der Waals surface area contributed by atoms with Crippen LogP contribution in [0.5, 0.6) is 0 Å². The third kappa shape index (κ3) is 3.36. The average Bonchev–Trinajstić information content (AvgIpc) is 2.28. The first-order valence-corrected chi connectivity index (χ1v) is 5.32. The van der Waals surface area contributed by atoms with Gasteiger partial charge in [0.2, 0.25) is 5.91 Å². The van der Waals surface area contributed by atoms with Crippen molar-refractivity contribution in [2.24, 2.45) is 5.73 Å². The van der Waals surface area contributed by atoms with Gasteiger partial charge < -0.3 is 11.1 Å². The van der Waals surface area contributed by atoms with Crippen molar-refractivity contribution in [3.05, 3.63) is 29.8 Å². The van der Waals surface area contributed by atoms with E-state index in [2.05, 4.69) is 12.2 Å². The zero-order valence-corrected chi connectivity index (χ0v) is 9.29. The van der Waals surface area contributed by atoms with E-state index in [4.69, 9.17) is 5.73 Å². The van der Waals surface area contributed by atoms with Crippen LogP contribution in [0.2, 0.25) is 0 Å². The Morgan fingerprint density at radius 3 is 2.80 bits per heavy atom. The molecular formula is C12H18N2O. The van der Waals surface area contributed by atoms with Gasteiger partial charge in [0.1, 0.15) is 0 Å². The number of amides is 1. The lowest BCUT2D eigenvalue weighted by Crippen LogP contribution is -2.34. The van der Waals surface area contributed by atoms with Gasteiger partial charge in [0, 0.05) is 5.69 Å². The molecule has 0 saturated carbocycles. The molecule has 0 aliphatic rings. The number of nitrogens with one attached hydrogen (secondary N) is 1. The minimum absolute atomic E-state index is 0.120. The molecule has 1 atom stereocenters. The Kier molecular flexibility index (Phi) is 4.31. The maximum absolute atomic E-state index is 11.5. The average molecular weight is 206 g/mol. The van der Waals surface area contributed by atoms with Gasteiger partial charge >= 0.3 is 0 Å². The van der Waals surface area contributed by atoms with E-state index in [0.29, 0.717) is 6.42 Å². The van der Waals surface area contributed by atoms with E-state index in [1.165, 1.54) is 5.56 Å². The molecule has 0 aliphatic heterocycles. The van der Waals surface area contributed by atoms with Gasteiger partial charge in [-0.15, -0.1) is 0 Å². The van der Waals surface area contributed by atoms with Crippen LogP contribution in [0.4, 0.5) is 5.69 Å². The third-order valence-corrected chi connectivity index (χ3v) is 2.38. The number of benzene rings is 1. The quantitative estimate of drug-likeness (QED) is 0.790. The Balaban J connectivity index is 2.68. The molecule has 1 amide bonds. The lowest BCUT2D eigenvalue weighted by molar-refractivity contribution is -0.117. The van der Waals surface area contributed by atoms with Gasteiger partial charge in [0.15, 0.2) is 0 Å². The zero-order chi connectivity index (χ0) is 11.3. The van der Waals surface area contributed by atoms with E-state index >= 15 is 0 Å². The number of hydrogen-bond donors (Lipinski definition) is 2. The fourth-order valence-electron chi connectivity index (χ4n) is 1.29. The number of aryl methyl sites for hydroxylation is 1. The molecule has 0 aromatic heterocycles. The summed E-state index contributed by atoms with van der Waals surface area (Å²) in [4.78, 5) is 11.5. The van der Waals surface area contributed by atoms with Gasteiger partial charge in [-0.25, -0.2) is 0 Å². The smallest absolute Gasteiger partial charge is 0.241 e. The van der Waals surface area contributed by atoms with Crippen LogP contribution in [0.3, 0.4) is 0 Å². The number of rotatable bonds is 4. The van der Waals surface area contributed by atoms with Crippen molar-refractivity contribution >= 4 is 11.6 Å². The molecule has 0 spiro atoms. The number of carbonyl (C=O) groups is 1. The van der Waals surface area contributed by atoms with Gasteiger partial charge in [-0.1, -0.05) is 26.0 Å². The van der Waals surface area contributed by atoms with E-state index in [1.807, 2.05) is 31.2 Å². The van der Waals surface area contributed by atoms with E-state index < -0.39 is 6.04 Å². The molecule has 1 rings (SSSR count). The SMILES string of the molecule is CCc1cccc(NC(=O)[C@@H](N)CC)c1. The summed E-state index contributed by atoms with van der Waals surface area (Å²) in [6, 6.07) is 7.40. The molecule has 0 fully saturated rings. The number of nitrogens with two attached hydrogens (primary N) is 1. The molecule has 3 N–H and O–H groups in total. The zero-order valence-electron chi connectivity index (χ0n) is 9.29. The van der Waals surface area contributed by atoms with Crippen molar-refractivity contribution < 1.29 is 4.79 Å². The monoisotopic (exact) mass is 206 g/mol. The third-order valence-electron chi connectivity index (χ3n) is 2.38. The Bertz CT molecular complexity index is 336. The fourth-order valence-corrected chi connectivity index (χ4v) is 1.29. The van der Waals surface area contributed by atoms with Gasteiger partial charge in [-0.05, 0) is 30.5 Å². The number of carbonyl (C=O) groups excluding carboxylic acids is 1. The minimum Gasteiger partial charge on any atom is -0.325 e. The second kappa shape index (κ2) is 5.51. The predicted octanol–water partition coefficient (Wildman–Crippen LogP) is 1.92. The van der Waals surface area contributed by atoms with Crippen LogP contribution in [-0.4, -0.2) is 11.9 Å². The first kappa shape index (κ1) is 11.7. The van der Waals surface area contributed by atoms with Crippen molar-refractivity contribution in [3.63, 3.8) is 0 Å². The van der Waals surface area contributed by atoms with Gasteiger partial charge in [0.25, 0.3) is 0 Å². The fraction of sp³-hybridized carbons (Fsp3) is 0.417. The van der Waals surface area contributed by atoms with Crippen LogP contribution in [0.25, 0.3) is 0 Å². The highest BCUT2D eigenvalue weighted by Crippen LogP contribution is 2.11. The summed E-state index contributed by atoms with van der Waals surface area (Å²) in [6.45, 7) is 3.98. The molecule has 0 radical (unpaired) electrons. The number of anilines is 1. The normalized spacial score (nSPS) is 12.2. The van der Waals surface area contributed by atoms with Crippen molar-refractivity contribution in [1.29, 1.82) is 0 Å². The molecule has 1 aromatic carbocycles. The number of hydrogen-bond acceptors (Lipinski definition) is 2. The van der Waals surface area contributed by atoms with E-state index in [1.54, 1.807) is 0 Å². The van der Waals surface area contributed by atoms with Crippen molar-refractivity contribution in [2.75, 3.05) is 5.32 Å². The summed E-state index contributed by atoms with van der Waals surface area (Å²) < 4.78 is 0. The van der Waals surface area contributed by atoms with Crippen LogP contribution >= 0.6 is 0 Å². The summed E-state index contributed by atoms with van der Waals surface area (Å²) in [5.74, 6) is -0.120. The van der Waals surface area contributed by atoms with Crippen molar-refractivity contribution in [3.8, 4) is 0 Å². The molecule has 0 heterocycles. The van der Waals surface area contributed by atoms with E-state index in [0.717, 1.165) is 12.1 Å². The Hall–Kier alpha value is -1.35. The van der Waals surface area contributed by atoms with Gasteiger partial charge in [-0.3, -0.25) is 4.79 Å². The topological polar surface area (TPSA) is 55.1 Å². The summed E-state index contributed by atoms with van der Waals surface area (Å²) in [5, 5.41) is 2.80. The first-order valence-electron chi connectivity index (χ1n) is 5.32. The van der Waals surface area contributed by atoms with Crippen LogP contribution in [0.1, 0.15) is 25.8 Å². The largest absolute Gasteiger partial charge is 0.325 e. The summed E-state index contributed by atoms with van der Waals surface area (Å²) in [6.07, 6.45) is 1.61. The highest BCUT2D eigenvalue weighted by atomic mass is 16.2. The van der Waals surface area contributed by atoms with Crippen LogP contribution < -0.4 is 11.1 Å². The lowest BCUT2D eigenvalue weighted by Gasteiger charge is -2.10. The maximum atomic E-state index is 11.5. The molecule has 0 aliphatic carbocycles. The molecule has 3 heteroatoms. The summed E-state index contributed by atoms with van der Waals surface area (Å²) >= 11 is 0. The van der Waals surface area contributed by atoms with Crippen molar-refractivity contribution in [1.82, 2.24) is 0 Å².